The molecule has 0 aromatic heterocycles. The number of halogens is 1. The highest BCUT2D eigenvalue weighted by molar-refractivity contribution is 7.89. The van der Waals surface area contributed by atoms with Gasteiger partial charge in [0.1, 0.15) is 5.82 Å². The van der Waals surface area contributed by atoms with Gasteiger partial charge in [-0.05, 0) is 49.6 Å². The van der Waals surface area contributed by atoms with Crippen LogP contribution < -0.4 is 5.32 Å². The predicted octanol–water partition coefficient (Wildman–Crippen LogP) is 2.93. The summed E-state index contributed by atoms with van der Waals surface area (Å²) in [6.45, 7) is 2.50. The number of nitrogens with one attached hydrogen (secondary N) is 1. The predicted molar refractivity (Wildman–Crippen MR) is 101 cm³/mol. The number of nitrogens with zero attached hydrogens (tertiary/aromatic N) is 1. The fraction of sp³-hybridized carbons (Fsp3) is 0.350. The standard InChI is InChI=1S/C20H23FN2O3S/c1-20(19(24)22-14-16-7-5-8-17(21)13-16)11-6-12-23(15-20)27(25,26)18-9-3-2-4-10-18/h2-5,7-10,13H,6,11-12,14-15H2,1H3,(H,22,24). The summed E-state index contributed by atoms with van der Waals surface area (Å²) in [6, 6.07) is 14.3. The Morgan fingerprint density at radius 2 is 1.93 bits per heavy atom. The molecule has 1 fully saturated rings. The Balaban J connectivity index is 1.71. The van der Waals surface area contributed by atoms with Crippen LogP contribution >= 0.6 is 0 Å². The van der Waals surface area contributed by atoms with E-state index in [1.807, 2.05) is 0 Å². The minimum absolute atomic E-state index is 0.124. The maximum Gasteiger partial charge on any atom is 0.243 e. The lowest BCUT2D eigenvalue weighted by Gasteiger charge is -2.38. The van der Waals surface area contributed by atoms with Crippen molar-refractivity contribution in [2.45, 2.75) is 31.2 Å². The molecule has 3 rings (SSSR count). The number of amides is 1. The molecule has 0 radical (unpaired) electrons. The lowest BCUT2D eigenvalue weighted by Crippen LogP contribution is -2.51. The summed E-state index contributed by atoms with van der Waals surface area (Å²) in [7, 11) is -3.64. The van der Waals surface area contributed by atoms with Crippen LogP contribution in [0.3, 0.4) is 0 Å². The van der Waals surface area contributed by atoms with E-state index in [2.05, 4.69) is 5.32 Å². The second-order valence-electron chi connectivity index (χ2n) is 7.13. The first-order valence-electron chi connectivity index (χ1n) is 8.89. The molecule has 0 aliphatic carbocycles. The van der Waals surface area contributed by atoms with Crippen LogP contribution in [0.1, 0.15) is 25.3 Å². The van der Waals surface area contributed by atoms with Crippen LogP contribution in [0.2, 0.25) is 0 Å². The van der Waals surface area contributed by atoms with Crippen LogP contribution in [-0.4, -0.2) is 31.7 Å². The van der Waals surface area contributed by atoms with Gasteiger partial charge in [0, 0.05) is 19.6 Å². The lowest BCUT2D eigenvalue weighted by atomic mass is 9.82. The molecule has 1 unspecified atom stereocenters. The first kappa shape index (κ1) is 19.5. The van der Waals surface area contributed by atoms with Gasteiger partial charge in [-0.25, -0.2) is 12.8 Å². The van der Waals surface area contributed by atoms with E-state index in [0.29, 0.717) is 24.9 Å². The minimum atomic E-state index is -3.64. The summed E-state index contributed by atoms with van der Waals surface area (Å²) >= 11 is 0. The van der Waals surface area contributed by atoms with Crippen molar-refractivity contribution < 1.29 is 17.6 Å². The van der Waals surface area contributed by atoms with E-state index >= 15 is 0 Å². The molecule has 2 aromatic carbocycles. The van der Waals surface area contributed by atoms with Gasteiger partial charge in [0.15, 0.2) is 0 Å². The Morgan fingerprint density at radius 3 is 2.63 bits per heavy atom. The van der Waals surface area contributed by atoms with Crippen LogP contribution in [0.5, 0.6) is 0 Å². The lowest BCUT2D eigenvalue weighted by molar-refractivity contribution is -0.132. The van der Waals surface area contributed by atoms with Crippen molar-refractivity contribution in [1.82, 2.24) is 9.62 Å². The van der Waals surface area contributed by atoms with Gasteiger partial charge in [-0.1, -0.05) is 30.3 Å². The molecule has 27 heavy (non-hydrogen) atoms. The van der Waals surface area contributed by atoms with E-state index in [9.17, 15) is 17.6 Å². The monoisotopic (exact) mass is 390 g/mol. The van der Waals surface area contributed by atoms with Crippen LogP contribution in [0.25, 0.3) is 0 Å². The van der Waals surface area contributed by atoms with Gasteiger partial charge < -0.3 is 5.32 Å². The van der Waals surface area contributed by atoms with Crippen LogP contribution in [0.15, 0.2) is 59.5 Å². The summed E-state index contributed by atoms with van der Waals surface area (Å²) in [6.07, 6.45) is 1.21. The fourth-order valence-electron chi connectivity index (χ4n) is 3.37. The number of benzene rings is 2. The van der Waals surface area contributed by atoms with Crippen molar-refractivity contribution in [2.24, 2.45) is 5.41 Å². The molecule has 1 atom stereocenters. The Kier molecular flexibility index (Phi) is 5.62. The maximum absolute atomic E-state index is 13.3. The molecule has 1 heterocycles. The quantitative estimate of drug-likeness (QED) is 0.854. The largest absolute Gasteiger partial charge is 0.352 e. The van der Waals surface area contributed by atoms with E-state index in [4.69, 9.17) is 0 Å². The van der Waals surface area contributed by atoms with Gasteiger partial charge in [0.2, 0.25) is 15.9 Å². The van der Waals surface area contributed by atoms with Crippen molar-refractivity contribution in [2.75, 3.05) is 13.1 Å². The van der Waals surface area contributed by atoms with Gasteiger partial charge in [-0.15, -0.1) is 0 Å². The van der Waals surface area contributed by atoms with E-state index in [-0.39, 0.29) is 29.7 Å². The molecule has 1 aliphatic rings. The highest BCUT2D eigenvalue weighted by atomic mass is 32.2. The molecule has 5 nitrogen and oxygen atoms in total. The normalized spacial score (nSPS) is 21.0. The zero-order valence-electron chi connectivity index (χ0n) is 15.2. The summed E-state index contributed by atoms with van der Waals surface area (Å²) in [5, 5.41) is 2.82. The third kappa shape index (κ3) is 4.36. The second-order valence-corrected chi connectivity index (χ2v) is 9.07. The van der Waals surface area contributed by atoms with Gasteiger partial charge in [-0.3, -0.25) is 4.79 Å². The molecule has 1 saturated heterocycles. The molecule has 0 saturated carbocycles. The van der Waals surface area contributed by atoms with Crippen molar-refractivity contribution >= 4 is 15.9 Å². The first-order chi connectivity index (χ1) is 12.8. The molecule has 0 spiro atoms. The minimum Gasteiger partial charge on any atom is -0.352 e. The number of carbonyl (C=O) groups is 1. The van der Waals surface area contributed by atoms with Gasteiger partial charge in [0.05, 0.1) is 10.3 Å². The first-order valence-corrected chi connectivity index (χ1v) is 10.3. The summed E-state index contributed by atoms with van der Waals surface area (Å²) in [5.74, 6) is -0.578. The topological polar surface area (TPSA) is 66.5 Å². The summed E-state index contributed by atoms with van der Waals surface area (Å²) in [5.41, 5.74) is -0.163. The van der Waals surface area contributed by atoms with E-state index in [1.54, 1.807) is 49.4 Å². The number of sulfonamides is 1. The second kappa shape index (κ2) is 7.78. The molecular weight excluding hydrogens is 367 g/mol. The number of hydrogen-bond acceptors (Lipinski definition) is 3. The van der Waals surface area contributed by atoms with Crippen LogP contribution in [-0.2, 0) is 21.4 Å². The third-order valence-corrected chi connectivity index (χ3v) is 6.79. The Labute approximate surface area is 159 Å². The number of carbonyl (C=O) groups excluding carboxylic acids is 1. The Hall–Kier alpha value is -2.25. The van der Waals surface area contributed by atoms with Gasteiger partial charge in [0.25, 0.3) is 0 Å². The molecule has 2 aromatic rings. The number of hydrogen-bond donors (Lipinski definition) is 1. The molecule has 1 N–H and O–H groups in total. The third-order valence-electron chi connectivity index (χ3n) is 4.93. The van der Waals surface area contributed by atoms with Gasteiger partial charge >= 0.3 is 0 Å². The zero-order valence-corrected chi connectivity index (χ0v) is 16.0. The molecule has 144 valence electrons. The van der Waals surface area contributed by atoms with Crippen molar-refractivity contribution in [3.05, 3.63) is 66.0 Å². The molecular formula is C20H23FN2O3S. The summed E-state index contributed by atoms with van der Waals surface area (Å²) < 4.78 is 40.4. The Morgan fingerprint density at radius 1 is 1.19 bits per heavy atom. The van der Waals surface area contributed by atoms with Crippen molar-refractivity contribution in [3.63, 3.8) is 0 Å². The average Bonchev–Trinajstić information content (AvgIpc) is 2.67. The molecule has 1 aliphatic heterocycles. The van der Waals surface area contributed by atoms with E-state index < -0.39 is 15.4 Å². The maximum atomic E-state index is 13.3. The van der Waals surface area contributed by atoms with Crippen LogP contribution in [0, 0.1) is 11.2 Å². The summed E-state index contributed by atoms with van der Waals surface area (Å²) in [4.78, 5) is 13.0. The fourth-order valence-corrected chi connectivity index (χ4v) is 4.99. The zero-order chi connectivity index (χ0) is 19.5. The average molecular weight is 390 g/mol. The van der Waals surface area contributed by atoms with Crippen molar-refractivity contribution in [3.8, 4) is 0 Å². The van der Waals surface area contributed by atoms with E-state index in [1.165, 1.54) is 16.4 Å². The highest BCUT2D eigenvalue weighted by Crippen LogP contribution is 2.33. The Bertz CT molecular complexity index is 918. The highest BCUT2D eigenvalue weighted by Gasteiger charge is 2.41. The number of rotatable bonds is 5. The molecule has 1 amide bonds. The SMILES string of the molecule is CC1(C(=O)NCc2cccc(F)c2)CCCN(S(=O)(=O)c2ccccc2)C1. The molecule has 0 bridgehead atoms. The van der Waals surface area contributed by atoms with E-state index in [0.717, 1.165) is 0 Å². The van der Waals surface area contributed by atoms with Crippen molar-refractivity contribution in [1.29, 1.82) is 0 Å². The van der Waals surface area contributed by atoms with Crippen LogP contribution in [0.4, 0.5) is 4.39 Å². The van der Waals surface area contributed by atoms with Gasteiger partial charge in [-0.2, -0.15) is 4.31 Å². The number of piperidine rings is 1. The molecule has 7 heteroatoms. The smallest absolute Gasteiger partial charge is 0.243 e.